The van der Waals surface area contributed by atoms with Gasteiger partial charge in [-0.1, -0.05) is 0 Å². The number of nitrogens with one attached hydrogen (secondary N) is 3. The molecule has 8 nitrogen and oxygen atoms in total. The number of carbonyl (C=O) groups is 1. The molecular weight excluding hydrogens is 355 g/mol. The maximum absolute atomic E-state index is 13.8. The van der Waals surface area contributed by atoms with Crippen LogP contribution < -0.4 is 21.3 Å². The zero-order valence-corrected chi connectivity index (χ0v) is 13.6. The van der Waals surface area contributed by atoms with E-state index in [-0.39, 0.29) is 17.1 Å². The SMILES string of the molecule is Cc1csc(NC(=O)c2cc(F)cc(Oc3c[nH]c(=[18O])[nH]c3=[18O])c2)n1. The van der Waals surface area contributed by atoms with Crippen molar-refractivity contribution >= 4 is 22.4 Å². The number of H-pyrrole nitrogens is 2. The summed E-state index contributed by atoms with van der Waals surface area (Å²) in [6, 6.07) is 3.30. The van der Waals surface area contributed by atoms with Crippen molar-refractivity contribution < 1.29 is 13.9 Å². The van der Waals surface area contributed by atoms with Gasteiger partial charge in [-0.15, -0.1) is 11.3 Å². The summed E-state index contributed by atoms with van der Waals surface area (Å²) < 4.78 is 19.0. The quantitative estimate of drug-likeness (QED) is 0.611. The third-order valence-corrected chi connectivity index (χ3v) is 3.86. The first-order chi connectivity index (χ1) is 11.9. The van der Waals surface area contributed by atoms with Crippen LogP contribution in [0.5, 0.6) is 11.5 Å². The molecule has 2 heterocycles. The summed E-state index contributed by atoms with van der Waals surface area (Å²) in [5.41, 5.74) is -0.739. The first-order valence-corrected chi connectivity index (χ1v) is 7.82. The second-order valence-electron chi connectivity index (χ2n) is 4.96. The van der Waals surface area contributed by atoms with Gasteiger partial charge in [-0.3, -0.25) is 19.9 Å². The molecule has 0 fully saturated rings. The van der Waals surface area contributed by atoms with Crippen LogP contribution in [0, 0.1) is 12.7 Å². The molecule has 0 spiro atoms. The number of aromatic amines is 2. The van der Waals surface area contributed by atoms with Crippen LogP contribution in [0.25, 0.3) is 0 Å². The van der Waals surface area contributed by atoms with Crippen LogP contribution in [0.1, 0.15) is 16.1 Å². The molecule has 3 rings (SSSR count). The maximum atomic E-state index is 13.8. The number of carbonyl (C=O) groups excluding carboxylic acids is 1. The highest BCUT2D eigenvalue weighted by Crippen LogP contribution is 2.22. The van der Waals surface area contributed by atoms with Gasteiger partial charge >= 0.3 is 5.69 Å². The molecule has 3 aromatic rings. The summed E-state index contributed by atoms with van der Waals surface area (Å²) in [7, 11) is 0. The van der Waals surface area contributed by atoms with E-state index in [4.69, 9.17) is 4.74 Å². The number of aryl methyl sites for hydroxylation is 1. The Kier molecular flexibility index (Phi) is 4.44. The van der Waals surface area contributed by atoms with E-state index in [2.05, 4.69) is 15.3 Å². The van der Waals surface area contributed by atoms with Gasteiger partial charge < -0.3 is 9.72 Å². The molecule has 2 aromatic heterocycles. The summed E-state index contributed by atoms with van der Waals surface area (Å²) in [4.78, 5) is 43.1. The van der Waals surface area contributed by atoms with E-state index in [1.807, 2.05) is 4.98 Å². The molecule has 0 unspecified atom stereocenters. The van der Waals surface area contributed by atoms with Gasteiger partial charge in [0.15, 0.2) is 5.13 Å². The summed E-state index contributed by atoms with van der Waals surface area (Å²) in [6.07, 6.45) is 1.05. The van der Waals surface area contributed by atoms with Crippen molar-refractivity contribution in [3.05, 3.63) is 67.7 Å². The van der Waals surface area contributed by atoms with Crippen molar-refractivity contribution in [2.24, 2.45) is 0 Å². The molecule has 0 bridgehead atoms. The van der Waals surface area contributed by atoms with E-state index in [0.717, 1.165) is 24.0 Å². The largest absolute Gasteiger partial charge is 0.450 e. The van der Waals surface area contributed by atoms with Gasteiger partial charge in [0.1, 0.15) is 11.6 Å². The lowest BCUT2D eigenvalue weighted by molar-refractivity contribution is 0.102. The van der Waals surface area contributed by atoms with Crippen LogP contribution >= 0.6 is 11.3 Å². The number of nitrogens with zero attached hydrogens (tertiary/aromatic N) is 1. The number of hydrogen-bond donors (Lipinski definition) is 3. The molecular formula is C15H11FN4O4S. The third kappa shape index (κ3) is 3.98. The molecule has 10 heteroatoms. The minimum absolute atomic E-state index is 0.0105. The highest BCUT2D eigenvalue weighted by atomic mass is 32.1. The minimum Gasteiger partial charge on any atom is -0.450 e. The third-order valence-electron chi connectivity index (χ3n) is 2.99. The lowest BCUT2D eigenvalue weighted by Gasteiger charge is -2.07. The number of ether oxygens (including phenoxy) is 1. The van der Waals surface area contributed by atoms with Crippen molar-refractivity contribution in [3.63, 3.8) is 0 Å². The first kappa shape index (κ1) is 16.6. The van der Waals surface area contributed by atoms with Gasteiger partial charge in [0.25, 0.3) is 11.5 Å². The molecule has 0 atom stereocenters. The van der Waals surface area contributed by atoms with Crippen molar-refractivity contribution in [2.45, 2.75) is 6.92 Å². The van der Waals surface area contributed by atoms with E-state index in [0.29, 0.717) is 5.13 Å². The topological polar surface area (TPSA) is 117 Å². The average Bonchev–Trinajstić information content (AvgIpc) is 2.94. The van der Waals surface area contributed by atoms with Crippen LogP contribution in [0.2, 0.25) is 0 Å². The molecule has 0 radical (unpaired) electrons. The second kappa shape index (κ2) is 6.69. The fourth-order valence-electron chi connectivity index (χ4n) is 1.93. The molecule has 0 aliphatic rings. The Labute approximate surface area is 143 Å². The Morgan fingerprint density at radius 1 is 1.36 bits per heavy atom. The highest BCUT2D eigenvalue weighted by molar-refractivity contribution is 7.13. The van der Waals surface area contributed by atoms with Crippen LogP contribution in [0.3, 0.4) is 0 Å². The van der Waals surface area contributed by atoms with Crippen LogP contribution in [0.4, 0.5) is 9.52 Å². The molecule has 0 saturated heterocycles. The number of benzene rings is 1. The fourth-order valence-corrected chi connectivity index (χ4v) is 2.62. The lowest BCUT2D eigenvalue weighted by atomic mass is 10.2. The monoisotopic (exact) mass is 366 g/mol. The van der Waals surface area contributed by atoms with E-state index in [1.165, 1.54) is 17.4 Å². The number of hydrogen-bond acceptors (Lipinski definition) is 6. The average molecular weight is 366 g/mol. The highest BCUT2D eigenvalue weighted by Gasteiger charge is 2.13. The second-order valence-corrected chi connectivity index (χ2v) is 5.82. The van der Waals surface area contributed by atoms with Gasteiger partial charge in [0.2, 0.25) is 5.75 Å². The summed E-state index contributed by atoms with van der Waals surface area (Å²) in [6.45, 7) is 1.78. The molecule has 0 aliphatic carbocycles. The maximum Gasteiger partial charge on any atom is 0.325 e. The van der Waals surface area contributed by atoms with E-state index in [1.54, 1.807) is 12.3 Å². The normalized spacial score (nSPS) is 10.5. The van der Waals surface area contributed by atoms with Crippen LogP contribution in [-0.2, 0) is 0 Å². The molecule has 3 N–H and O–H groups in total. The van der Waals surface area contributed by atoms with Crippen LogP contribution in [-0.4, -0.2) is 20.9 Å². The Morgan fingerprint density at radius 3 is 2.84 bits per heavy atom. The van der Waals surface area contributed by atoms with Gasteiger partial charge in [0.05, 0.1) is 11.9 Å². The minimum atomic E-state index is -0.780. The molecule has 1 aromatic carbocycles. The Balaban J connectivity index is 1.86. The zero-order valence-electron chi connectivity index (χ0n) is 12.8. The predicted octanol–water partition coefficient (Wildman–Crippen LogP) is 2.01. The smallest absolute Gasteiger partial charge is 0.325 e. The summed E-state index contributed by atoms with van der Waals surface area (Å²) in [5.74, 6) is -1.61. The summed E-state index contributed by atoms with van der Waals surface area (Å²) >= 11 is 1.24. The van der Waals surface area contributed by atoms with Crippen molar-refractivity contribution in [1.29, 1.82) is 0 Å². The predicted molar refractivity (Wildman–Crippen MR) is 89.0 cm³/mol. The van der Waals surface area contributed by atoms with E-state index in [9.17, 15) is 18.8 Å². The first-order valence-electron chi connectivity index (χ1n) is 6.94. The van der Waals surface area contributed by atoms with E-state index < -0.39 is 23.0 Å². The number of halogens is 1. The van der Waals surface area contributed by atoms with Gasteiger partial charge in [0, 0.05) is 17.0 Å². The number of aromatic nitrogens is 3. The molecule has 25 heavy (non-hydrogen) atoms. The fraction of sp³-hybridized carbons (Fsp3) is 0.0667. The standard InChI is InChI=1S/C15H11FN4O4S/c1-7-6-25-15(18-7)20-12(21)8-2-9(16)4-10(3-8)24-11-5-17-14(23)19-13(11)22/h2-6H,1H3,(H,18,20,21)(H2,17,19,22,23)/i22+2,23+2. The Hall–Kier alpha value is -3.27. The summed E-state index contributed by atoms with van der Waals surface area (Å²) in [5, 5.41) is 4.69. The van der Waals surface area contributed by atoms with Crippen molar-refractivity contribution in [3.8, 4) is 11.5 Å². The number of amides is 1. The number of rotatable bonds is 4. The van der Waals surface area contributed by atoms with Gasteiger partial charge in [-0.2, -0.15) is 0 Å². The number of anilines is 1. The molecule has 1 amide bonds. The Bertz CT molecular complexity index is 1060. The zero-order chi connectivity index (χ0) is 18.0. The lowest BCUT2D eigenvalue weighted by Crippen LogP contribution is -2.22. The van der Waals surface area contributed by atoms with Crippen LogP contribution in [0.15, 0.2) is 39.4 Å². The number of thiazole rings is 1. The van der Waals surface area contributed by atoms with Crippen molar-refractivity contribution in [1.82, 2.24) is 15.0 Å². The van der Waals surface area contributed by atoms with Crippen molar-refractivity contribution in [2.75, 3.05) is 5.32 Å². The molecule has 0 aliphatic heterocycles. The van der Waals surface area contributed by atoms with E-state index >= 15 is 0 Å². The van der Waals surface area contributed by atoms with Gasteiger partial charge in [-0.25, -0.2) is 14.2 Å². The molecule has 0 saturated carbocycles. The Morgan fingerprint density at radius 2 is 2.16 bits per heavy atom. The van der Waals surface area contributed by atoms with Gasteiger partial charge in [-0.05, 0) is 19.1 Å². The molecule has 128 valence electrons.